The molecule has 2 aromatic carbocycles. The number of hydrogen-bond acceptors (Lipinski definition) is 2. The van der Waals surface area contributed by atoms with Crippen LogP contribution in [0, 0.1) is 47.4 Å². The van der Waals surface area contributed by atoms with E-state index >= 15 is 0 Å². The van der Waals surface area contributed by atoms with Crippen LogP contribution < -0.4 is 22.3 Å². The van der Waals surface area contributed by atoms with Crippen LogP contribution >= 0.6 is 0 Å². The molecule has 0 aliphatic rings. The molecule has 0 atom stereocenters. The van der Waals surface area contributed by atoms with Gasteiger partial charge in [-0.25, -0.2) is 4.79 Å². The second-order valence-corrected chi connectivity index (χ2v) is 5.92. The Labute approximate surface area is 189 Å². The summed E-state index contributed by atoms with van der Waals surface area (Å²) in [6.07, 6.45) is 1.58. The molecule has 2 rings (SSSR count). The number of benzene rings is 2. The third-order valence-corrected chi connectivity index (χ3v) is 3.62. The Kier molecular flexibility index (Phi) is 12.5. The average molecular weight is 459 g/mol. The molecular formula is C26H21BrNO2-. The normalized spacial score (nSPS) is 8.17. The molecule has 0 aliphatic heterocycles. The maximum absolute atomic E-state index is 11.5. The lowest BCUT2D eigenvalue weighted by atomic mass is 10.1. The molecule has 0 saturated carbocycles. The van der Waals surface area contributed by atoms with Gasteiger partial charge in [-0.2, -0.15) is 0 Å². The number of ether oxygens (including phenoxy) is 1. The molecule has 0 aromatic heterocycles. The van der Waals surface area contributed by atoms with Gasteiger partial charge in [0, 0.05) is 17.7 Å². The van der Waals surface area contributed by atoms with Crippen molar-refractivity contribution in [3.8, 4) is 47.4 Å². The number of halogens is 1. The summed E-state index contributed by atoms with van der Waals surface area (Å²) < 4.78 is 5.15. The fraction of sp³-hybridized carbons (Fsp3) is 0.192. The molecule has 2 aromatic rings. The first kappa shape index (κ1) is 24.5. The average Bonchev–Trinajstić information content (AvgIpc) is 2.76. The van der Waals surface area contributed by atoms with E-state index in [0.29, 0.717) is 6.54 Å². The van der Waals surface area contributed by atoms with Crippen molar-refractivity contribution in [2.75, 3.05) is 6.54 Å². The molecule has 0 unspecified atom stereocenters. The molecule has 0 bridgehead atoms. The van der Waals surface area contributed by atoms with Crippen LogP contribution in [0.25, 0.3) is 0 Å². The Morgan fingerprint density at radius 3 is 2.00 bits per heavy atom. The molecule has 1 amide bonds. The van der Waals surface area contributed by atoms with Crippen LogP contribution in [0.3, 0.4) is 0 Å². The van der Waals surface area contributed by atoms with Gasteiger partial charge in [-0.15, -0.1) is 0 Å². The number of carbonyl (C=O) groups is 1. The first-order valence-electron chi connectivity index (χ1n) is 9.34. The predicted molar refractivity (Wildman–Crippen MR) is 115 cm³/mol. The van der Waals surface area contributed by atoms with Crippen molar-refractivity contribution >= 4 is 6.09 Å². The van der Waals surface area contributed by atoms with Crippen LogP contribution in [0.5, 0.6) is 0 Å². The standard InChI is InChI=1S/C26H21NO2.BrH/c1-2-3-21-27-26(28)29-22-25-19-17-24(18-20-25)16-10-7-5-4-6-9-13-23-14-11-8-12-15-23;/h8,11-12,14-15,17-20H,2-3,21-22H2,1H3,(H,27,28);1H/p-1. The van der Waals surface area contributed by atoms with Crippen LogP contribution in [-0.2, 0) is 11.3 Å². The van der Waals surface area contributed by atoms with Gasteiger partial charge in [0.15, 0.2) is 0 Å². The molecule has 0 heterocycles. The Morgan fingerprint density at radius 2 is 1.40 bits per heavy atom. The second kappa shape index (κ2) is 15.4. The Balaban J connectivity index is 0.00000450. The van der Waals surface area contributed by atoms with Gasteiger partial charge in [-0.05, 0) is 71.8 Å². The molecule has 0 spiro atoms. The van der Waals surface area contributed by atoms with Crippen molar-refractivity contribution in [1.82, 2.24) is 5.32 Å². The van der Waals surface area contributed by atoms with E-state index in [4.69, 9.17) is 4.74 Å². The highest BCUT2D eigenvalue weighted by atomic mass is 79.9. The Hall–Kier alpha value is -3.57. The summed E-state index contributed by atoms with van der Waals surface area (Å²) in [4.78, 5) is 11.5. The molecular weight excluding hydrogens is 438 g/mol. The summed E-state index contributed by atoms with van der Waals surface area (Å²) in [5.74, 6) is 22.0. The van der Waals surface area contributed by atoms with Gasteiger partial charge in [0.05, 0.1) is 0 Å². The number of alkyl carbamates (subject to hydrolysis) is 1. The number of amides is 1. The minimum atomic E-state index is -0.396. The quantitative estimate of drug-likeness (QED) is 0.538. The lowest BCUT2D eigenvalue weighted by Gasteiger charge is -2.06. The van der Waals surface area contributed by atoms with Gasteiger partial charge in [-0.1, -0.05) is 55.5 Å². The smallest absolute Gasteiger partial charge is 0.407 e. The van der Waals surface area contributed by atoms with E-state index in [-0.39, 0.29) is 23.6 Å². The number of carbonyl (C=O) groups excluding carboxylic acids is 1. The van der Waals surface area contributed by atoms with E-state index in [1.807, 2.05) is 54.6 Å². The maximum Gasteiger partial charge on any atom is 0.407 e. The highest BCUT2D eigenvalue weighted by Gasteiger charge is 2.01. The van der Waals surface area contributed by atoms with E-state index in [9.17, 15) is 4.79 Å². The molecule has 0 aliphatic carbocycles. The van der Waals surface area contributed by atoms with Crippen molar-refractivity contribution in [1.29, 1.82) is 0 Å². The van der Waals surface area contributed by atoms with Crippen molar-refractivity contribution in [2.24, 2.45) is 0 Å². The zero-order valence-corrected chi connectivity index (χ0v) is 18.3. The molecule has 1 N–H and O–H groups in total. The van der Waals surface area contributed by atoms with Crippen molar-refractivity contribution in [3.05, 3.63) is 71.3 Å². The van der Waals surface area contributed by atoms with E-state index in [2.05, 4.69) is 59.6 Å². The minimum Gasteiger partial charge on any atom is -1.00 e. The zero-order chi connectivity index (χ0) is 20.6. The van der Waals surface area contributed by atoms with Crippen molar-refractivity contribution < 1.29 is 26.5 Å². The highest BCUT2D eigenvalue weighted by molar-refractivity contribution is 5.67. The van der Waals surface area contributed by atoms with Gasteiger partial charge in [0.1, 0.15) is 6.61 Å². The van der Waals surface area contributed by atoms with Gasteiger partial charge >= 0.3 is 6.09 Å². The van der Waals surface area contributed by atoms with Crippen molar-refractivity contribution in [3.63, 3.8) is 0 Å². The van der Waals surface area contributed by atoms with Gasteiger partial charge < -0.3 is 27.0 Å². The molecule has 0 radical (unpaired) electrons. The zero-order valence-electron chi connectivity index (χ0n) is 16.7. The molecule has 3 nitrogen and oxygen atoms in total. The van der Waals surface area contributed by atoms with Crippen LogP contribution in [0.1, 0.15) is 36.5 Å². The largest absolute Gasteiger partial charge is 1.00 e. The third kappa shape index (κ3) is 10.7. The fourth-order valence-electron chi connectivity index (χ4n) is 2.10. The summed E-state index contributed by atoms with van der Waals surface area (Å²) in [6, 6.07) is 17.1. The summed E-state index contributed by atoms with van der Waals surface area (Å²) in [5, 5.41) is 2.71. The van der Waals surface area contributed by atoms with E-state index in [1.165, 1.54) is 0 Å². The summed E-state index contributed by atoms with van der Waals surface area (Å²) in [5.41, 5.74) is 2.64. The summed E-state index contributed by atoms with van der Waals surface area (Å²) in [7, 11) is 0. The number of nitrogens with one attached hydrogen (secondary N) is 1. The Morgan fingerprint density at radius 1 is 0.833 bits per heavy atom. The monoisotopic (exact) mass is 458 g/mol. The second-order valence-electron chi connectivity index (χ2n) is 5.92. The fourth-order valence-corrected chi connectivity index (χ4v) is 2.10. The van der Waals surface area contributed by atoms with Crippen molar-refractivity contribution in [2.45, 2.75) is 26.4 Å². The summed E-state index contributed by atoms with van der Waals surface area (Å²) in [6.45, 7) is 2.93. The maximum atomic E-state index is 11.5. The van der Waals surface area contributed by atoms with E-state index < -0.39 is 6.09 Å². The first-order valence-corrected chi connectivity index (χ1v) is 9.34. The molecule has 30 heavy (non-hydrogen) atoms. The molecule has 150 valence electrons. The van der Waals surface area contributed by atoms with Crippen LogP contribution in [0.2, 0.25) is 0 Å². The minimum absolute atomic E-state index is 0. The predicted octanol–water partition coefficient (Wildman–Crippen LogP) is 1.13. The molecule has 0 fully saturated rings. The molecule has 4 heteroatoms. The number of unbranched alkanes of at least 4 members (excludes halogenated alkanes) is 1. The van der Waals surface area contributed by atoms with Gasteiger partial charge in [0.25, 0.3) is 0 Å². The highest BCUT2D eigenvalue weighted by Crippen LogP contribution is 2.05. The topological polar surface area (TPSA) is 38.3 Å². The lowest BCUT2D eigenvalue weighted by Crippen LogP contribution is -3.00. The SMILES string of the molecule is CCCCNC(=O)OCc1ccc(C#CC#CC#CC#Cc2ccccc2)cc1.[Br-]. The molecule has 0 saturated heterocycles. The lowest BCUT2D eigenvalue weighted by molar-refractivity contribution is -0.0000117. The summed E-state index contributed by atoms with van der Waals surface area (Å²) >= 11 is 0. The van der Waals surface area contributed by atoms with Crippen LogP contribution in [0.4, 0.5) is 4.79 Å². The van der Waals surface area contributed by atoms with Gasteiger partial charge in [-0.3, -0.25) is 0 Å². The first-order chi connectivity index (χ1) is 14.3. The van der Waals surface area contributed by atoms with Crippen LogP contribution in [0.15, 0.2) is 54.6 Å². The van der Waals surface area contributed by atoms with E-state index in [1.54, 1.807) is 0 Å². The van der Waals surface area contributed by atoms with Gasteiger partial charge in [0.2, 0.25) is 0 Å². The third-order valence-electron chi connectivity index (χ3n) is 3.62. The number of rotatable bonds is 5. The van der Waals surface area contributed by atoms with E-state index in [0.717, 1.165) is 29.5 Å². The Bertz CT molecular complexity index is 1040. The number of hydrogen-bond donors (Lipinski definition) is 1. The van der Waals surface area contributed by atoms with Crippen LogP contribution in [-0.4, -0.2) is 12.6 Å².